The Hall–Kier alpha value is -8.52. The topological polar surface area (TPSA) is 3.24 Å². The van der Waals surface area contributed by atoms with Crippen molar-refractivity contribution in [3.8, 4) is 33.4 Å². The molecule has 314 valence electrons. The average molecular weight is 856 g/mol. The van der Waals surface area contributed by atoms with E-state index in [2.05, 4.69) is 211 Å². The highest BCUT2D eigenvalue weighted by Crippen LogP contribution is 2.61. The van der Waals surface area contributed by atoms with Gasteiger partial charge in [0, 0.05) is 16.9 Å². The number of nitrogens with zero attached hydrogens (tertiary/aromatic N) is 1. The van der Waals surface area contributed by atoms with E-state index < -0.39 is 10.8 Å². The number of hydrogen-bond donors (Lipinski definition) is 0. The number of benzene rings is 11. The molecule has 0 radical (unpaired) electrons. The molecular formula is C66H45N. The fraction of sp³-hybridized carbons (Fsp3) is 0.0303. The number of fused-ring (bicyclic) bond motifs is 7. The monoisotopic (exact) mass is 855 g/mol. The van der Waals surface area contributed by atoms with Crippen LogP contribution in [0.2, 0.25) is 0 Å². The van der Waals surface area contributed by atoms with Crippen LogP contribution in [0.3, 0.4) is 0 Å². The van der Waals surface area contributed by atoms with Gasteiger partial charge in [0.05, 0.1) is 22.0 Å². The Bertz CT molecular complexity index is 3790. The molecule has 0 atom stereocenters. The molecule has 2 aliphatic rings. The van der Waals surface area contributed by atoms with Gasteiger partial charge in [-0.3, -0.25) is 0 Å². The maximum Gasteiger partial charge on any atom is 0.0714 e. The zero-order valence-electron chi connectivity index (χ0n) is 40.6. The van der Waals surface area contributed by atoms with Gasteiger partial charge in [0.2, 0.25) is 0 Å². The fourth-order valence-electron chi connectivity index (χ4n) is 11.6. The van der Waals surface area contributed by atoms with Crippen LogP contribution in [-0.2, 0) is 10.8 Å². The zero-order valence-corrected chi connectivity index (χ0v) is 36.6. The zero-order chi connectivity index (χ0) is 47.8. The molecule has 0 bridgehead atoms. The van der Waals surface area contributed by atoms with E-state index in [1.807, 2.05) is 42.5 Å². The van der Waals surface area contributed by atoms with Crippen LogP contribution >= 0.6 is 0 Å². The Balaban J connectivity index is 1.16. The molecule has 13 rings (SSSR count). The fourth-order valence-corrected chi connectivity index (χ4v) is 11.6. The van der Waals surface area contributed by atoms with Gasteiger partial charge in [-0.25, -0.2) is 0 Å². The van der Waals surface area contributed by atoms with Gasteiger partial charge in [0.25, 0.3) is 0 Å². The standard InChI is InChI=1S/C66H45N/c1-5-24-50(25-6-1)65(51-26-7-2-8-27-51)60-36-18-16-34-58(60)64-61(65)37-20-38-63(64)67(54-32-19-23-48(44-54)49-40-39-46-21-13-14-22-47(46)43-49)55-41-42-57-56-33-15-17-35-59(56)66(62(57)45-55,52-28-9-3-10-29-52)53-30-11-4-12-31-53/h1-45H/i19D,23D,32D,44D. The smallest absolute Gasteiger partial charge is 0.0714 e. The second-order valence-electron chi connectivity index (χ2n) is 17.6. The molecule has 0 unspecified atom stereocenters. The molecule has 0 heterocycles. The summed E-state index contributed by atoms with van der Waals surface area (Å²) in [6.45, 7) is 0. The number of anilines is 3. The summed E-state index contributed by atoms with van der Waals surface area (Å²) in [5.74, 6) is 0. The maximum absolute atomic E-state index is 10.4. The normalized spacial score (nSPS) is 14.4. The lowest BCUT2D eigenvalue weighted by molar-refractivity contribution is 0.768. The Kier molecular flexibility index (Phi) is 8.10. The lowest BCUT2D eigenvalue weighted by atomic mass is 9.67. The summed E-state index contributed by atoms with van der Waals surface area (Å²) >= 11 is 0. The molecule has 0 spiro atoms. The highest BCUT2D eigenvalue weighted by molar-refractivity contribution is 5.99. The van der Waals surface area contributed by atoms with E-state index >= 15 is 0 Å². The van der Waals surface area contributed by atoms with Gasteiger partial charge in [0.1, 0.15) is 0 Å². The molecule has 67 heavy (non-hydrogen) atoms. The minimum absolute atomic E-state index is 0.00807. The van der Waals surface area contributed by atoms with Crippen LogP contribution in [0.15, 0.2) is 273 Å². The van der Waals surface area contributed by atoms with Crippen molar-refractivity contribution in [1.29, 1.82) is 0 Å². The molecule has 0 N–H and O–H groups in total. The van der Waals surface area contributed by atoms with Gasteiger partial charge in [-0.05, 0) is 119 Å². The first-order valence-corrected chi connectivity index (χ1v) is 23.0. The molecule has 1 heteroatoms. The maximum atomic E-state index is 10.4. The molecule has 0 aromatic heterocycles. The molecule has 0 fully saturated rings. The summed E-state index contributed by atoms with van der Waals surface area (Å²) < 4.78 is 39.6. The quantitative estimate of drug-likeness (QED) is 0.147. The summed E-state index contributed by atoms with van der Waals surface area (Å²) in [5.41, 5.74) is 14.5. The van der Waals surface area contributed by atoms with E-state index in [9.17, 15) is 5.48 Å². The van der Waals surface area contributed by atoms with Crippen LogP contribution in [0.4, 0.5) is 17.1 Å². The van der Waals surface area contributed by atoms with Gasteiger partial charge in [-0.15, -0.1) is 0 Å². The molecule has 2 aliphatic carbocycles. The van der Waals surface area contributed by atoms with Crippen LogP contribution < -0.4 is 4.90 Å². The van der Waals surface area contributed by atoms with Gasteiger partial charge in [-0.1, -0.05) is 237 Å². The van der Waals surface area contributed by atoms with E-state index in [1.165, 1.54) is 5.56 Å². The highest BCUT2D eigenvalue weighted by Gasteiger charge is 2.49. The third-order valence-corrected chi connectivity index (χ3v) is 14.3. The van der Waals surface area contributed by atoms with Crippen molar-refractivity contribution in [2.45, 2.75) is 10.8 Å². The number of rotatable bonds is 8. The highest BCUT2D eigenvalue weighted by atomic mass is 15.1. The third kappa shape index (κ3) is 5.81. The first-order chi connectivity index (χ1) is 34.9. The molecular weight excluding hydrogens is 807 g/mol. The molecule has 11 aromatic carbocycles. The Labute approximate surface area is 398 Å². The SMILES string of the molecule is [2H]c1c([2H])c(-c2ccc3ccccc3c2)c([2H])c(N(c2ccc3c(c2)C(c2ccccc2)(c2ccccc2)c2ccccc2-3)c2cccc3c2-c2ccccc2C3(c2ccccc2)c2ccccc2)c1[2H]. The minimum atomic E-state index is -0.730. The van der Waals surface area contributed by atoms with Gasteiger partial charge in [0.15, 0.2) is 0 Å². The van der Waals surface area contributed by atoms with Crippen molar-refractivity contribution >= 4 is 27.8 Å². The predicted octanol–water partition coefficient (Wildman–Crippen LogP) is 16.7. The molecule has 0 amide bonds. The van der Waals surface area contributed by atoms with Crippen LogP contribution in [0.5, 0.6) is 0 Å². The van der Waals surface area contributed by atoms with Crippen LogP contribution in [0.25, 0.3) is 44.2 Å². The average Bonchev–Trinajstić information content (AvgIpc) is 3.91. The van der Waals surface area contributed by atoms with E-state index in [4.69, 9.17) is 0 Å². The van der Waals surface area contributed by atoms with Crippen LogP contribution in [0.1, 0.15) is 50.0 Å². The number of hydrogen-bond acceptors (Lipinski definition) is 1. The van der Waals surface area contributed by atoms with Crippen molar-refractivity contribution < 1.29 is 5.48 Å². The van der Waals surface area contributed by atoms with Crippen molar-refractivity contribution in [1.82, 2.24) is 0 Å². The van der Waals surface area contributed by atoms with Crippen molar-refractivity contribution in [2.75, 3.05) is 4.90 Å². The third-order valence-electron chi connectivity index (χ3n) is 14.3. The largest absolute Gasteiger partial charge is 0.310 e. The van der Waals surface area contributed by atoms with E-state index in [-0.39, 0.29) is 29.9 Å². The van der Waals surface area contributed by atoms with E-state index in [1.54, 1.807) is 0 Å². The second kappa shape index (κ2) is 15.6. The van der Waals surface area contributed by atoms with E-state index in [0.717, 1.165) is 83.3 Å². The van der Waals surface area contributed by atoms with Gasteiger partial charge < -0.3 is 4.90 Å². The summed E-state index contributed by atoms with van der Waals surface area (Å²) in [7, 11) is 0. The van der Waals surface area contributed by atoms with E-state index in [0.29, 0.717) is 11.1 Å². The summed E-state index contributed by atoms with van der Waals surface area (Å²) in [6.07, 6.45) is 0. The Morgan fingerprint density at radius 2 is 0.836 bits per heavy atom. The predicted molar refractivity (Wildman–Crippen MR) is 279 cm³/mol. The van der Waals surface area contributed by atoms with Gasteiger partial charge >= 0.3 is 0 Å². The molecule has 0 saturated carbocycles. The lowest BCUT2D eigenvalue weighted by Gasteiger charge is -2.35. The Morgan fingerprint density at radius 1 is 0.328 bits per heavy atom. The summed E-state index contributed by atoms with van der Waals surface area (Å²) in [4.78, 5) is 2.07. The van der Waals surface area contributed by atoms with Crippen molar-refractivity contribution in [3.63, 3.8) is 0 Å². The summed E-state index contributed by atoms with van der Waals surface area (Å²) in [5, 5.41) is 2.01. The molecule has 11 aromatic rings. The van der Waals surface area contributed by atoms with Crippen molar-refractivity contribution in [3.05, 3.63) is 317 Å². The molecule has 0 saturated heterocycles. The summed E-state index contributed by atoms with van der Waals surface area (Å²) in [6, 6.07) is 86.7. The molecule has 1 nitrogen and oxygen atoms in total. The second-order valence-corrected chi connectivity index (χ2v) is 17.6. The van der Waals surface area contributed by atoms with Crippen molar-refractivity contribution in [2.24, 2.45) is 0 Å². The minimum Gasteiger partial charge on any atom is -0.310 e. The lowest BCUT2D eigenvalue weighted by Crippen LogP contribution is -2.29. The van der Waals surface area contributed by atoms with Gasteiger partial charge in [-0.2, -0.15) is 0 Å². The Morgan fingerprint density at radius 3 is 1.48 bits per heavy atom. The van der Waals surface area contributed by atoms with Crippen LogP contribution in [-0.4, -0.2) is 0 Å². The first kappa shape index (κ1) is 34.8. The van der Waals surface area contributed by atoms with Crippen LogP contribution in [0, 0.1) is 0 Å². The molecule has 0 aliphatic heterocycles. The first-order valence-electron chi connectivity index (χ1n) is 25.0.